The first kappa shape index (κ1) is 19.0. The topological polar surface area (TPSA) is 65.5 Å². The number of nitrogens with zero attached hydrogens (tertiary/aromatic N) is 1. The standard InChI is InChI=1S/C20H30N4O/c1-4-21-20(24-17-9-5-6-10-17)22-14-16-8-7-11-18(13-16)23-19(25)12-15(2)3/h5-8,11,13,15,17H,4,9-10,12,14H2,1-3H3,(H,23,25)(H2,21,22,24). The predicted molar refractivity (Wildman–Crippen MR) is 105 cm³/mol. The molecule has 1 amide bonds. The summed E-state index contributed by atoms with van der Waals surface area (Å²) in [4.78, 5) is 16.6. The Kier molecular flexibility index (Phi) is 7.51. The van der Waals surface area contributed by atoms with Crippen molar-refractivity contribution in [2.75, 3.05) is 11.9 Å². The Labute approximate surface area is 151 Å². The van der Waals surface area contributed by atoms with E-state index in [-0.39, 0.29) is 5.91 Å². The highest BCUT2D eigenvalue weighted by atomic mass is 16.1. The first-order valence-electron chi connectivity index (χ1n) is 9.15. The fourth-order valence-electron chi connectivity index (χ4n) is 2.75. The number of anilines is 1. The van der Waals surface area contributed by atoms with Crippen molar-refractivity contribution >= 4 is 17.6 Å². The number of hydrogen-bond donors (Lipinski definition) is 3. The summed E-state index contributed by atoms with van der Waals surface area (Å²) < 4.78 is 0. The summed E-state index contributed by atoms with van der Waals surface area (Å²) in [7, 11) is 0. The van der Waals surface area contributed by atoms with Crippen LogP contribution in [-0.2, 0) is 11.3 Å². The van der Waals surface area contributed by atoms with Crippen LogP contribution in [0.3, 0.4) is 0 Å². The van der Waals surface area contributed by atoms with Gasteiger partial charge in [0.2, 0.25) is 5.91 Å². The molecule has 5 nitrogen and oxygen atoms in total. The van der Waals surface area contributed by atoms with Gasteiger partial charge in [-0.3, -0.25) is 4.79 Å². The van der Waals surface area contributed by atoms with Crippen molar-refractivity contribution in [2.45, 2.75) is 52.6 Å². The van der Waals surface area contributed by atoms with Crippen molar-refractivity contribution in [1.82, 2.24) is 10.6 Å². The van der Waals surface area contributed by atoms with Crippen molar-refractivity contribution in [3.05, 3.63) is 42.0 Å². The lowest BCUT2D eigenvalue weighted by molar-refractivity contribution is -0.116. The molecule has 2 rings (SSSR count). The molecule has 0 radical (unpaired) electrons. The van der Waals surface area contributed by atoms with E-state index < -0.39 is 0 Å². The van der Waals surface area contributed by atoms with Gasteiger partial charge in [-0.05, 0) is 43.4 Å². The molecule has 0 fully saturated rings. The molecule has 3 N–H and O–H groups in total. The number of rotatable bonds is 7. The molecule has 1 aliphatic rings. The zero-order chi connectivity index (χ0) is 18.1. The maximum absolute atomic E-state index is 11.9. The summed E-state index contributed by atoms with van der Waals surface area (Å²) in [6.07, 6.45) is 7.02. The lowest BCUT2D eigenvalue weighted by Crippen LogP contribution is -2.42. The molecule has 1 aromatic carbocycles. The van der Waals surface area contributed by atoms with Gasteiger partial charge in [-0.25, -0.2) is 4.99 Å². The molecule has 0 unspecified atom stereocenters. The van der Waals surface area contributed by atoms with Gasteiger partial charge in [0.1, 0.15) is 0 Å². The molecule has 1 aliphatic carbocycles. The minimum atomic E-state index is 0.0550. The minimum Gasteiger partial charge on any atom is -0.357 e. The number of carbonyl (C=O) groups excluding carboxylic acids is 1. The molecule has 0 heterocycles. The number of benzene rings is 1. The number of carbonyl (C=O) groups is 1. The van der Waals surface area contributed by atoms with Crippen LogP contribution in [-0.4, -0.2) is 24.5 Å². The minimum absolute atomic E-state index is 0.0550. The molecule has 0 bridgehead atoms. The van der Waals surface area contributed by atoms with Gasteiger partial charge in [-0.1, -0.05) is 38.1 Å². The summed E-state index contributed by atoms with van der Waals surface area (Å²) >= 11 is 0. The highest BCUT2D eigenvalue weighted by Gasteiger charge is 2.11. The second kappa shape index (κ2) is 9.87. The summed E-state index contributed by atoms with van der Waals surface area (Å²) in [6.45, 7) is 7.55. The number of aliphatic imine (C=N–C) groups is 1. The Morgan fingerprint density at radius 3 is 2.72 bits per heavy atom. The third kappa shape index (κ3) is 6.99. The smallest absolute Gasteiger partial charge is 0.224 e. The second-order valence-electron chi connectivity index (χ2n) is 6.83. The maximum Gasteiger partial charge on any atom is 0.224 e. The molecule has 1 aromatic rings. The van der Waals surface area contributed by atoms with Crippen molar-refractivity contribution in [2.24, 2.45) is 10.9 Å². The second-order valence-corrected chi connectivity index (χ2v) is 6.83. The number of amides is 1. The van der Waals surface area contributed by atoms with E-state index >= 15 is 0 Å². The van der Waals surface area contributed by atoms with Gasteiger partial charge >= 0.3 is 0 Å². The lowest BCUT2D eigenvalue weighted by atomic mass is 10.1. The predicted octanol–water partition coefficient (Wildman–Crippen LogP) is 3.44. The van der Waals surface area contributed by atoms with Crippen molar-refractivity contribution in [3.8, 4) is 0 Å². The summed E-state index contributed by atoms with van der Waals surface area (Å²) in [5, 5.41) is 9.71. The first-order valence-corrected chi connectivity index (χ1v) is 9.15. The Hall–Kier alpha value is -2.30. The first-order chi connectivity index (χ1) is 12.1. The van der Waals surface area contributed by atoms with Gasteiger partial charge in [0.25, 0.3) is 0 Å². The van der Waals surface area contributed by atoms with E-state index in [2.05, 4.69) is 40.0 Å². The van der Waals surface area contributed by atoms with Gasteiger partial charge in [0.15, 0.2) is 5.96 Å². The molecule has 0 spiro atoms. The van der Waals surface area contributed by atoms with Crippen LogP contribution < -0.4 is 16.0 Å². The fraction of sp³-hybridized carbons (Fsp3) is 0.500. The van der Waals surface area contributed by atoms with Gasteiger partial charge < -0.3 is 16.0 Å². The summed E-state index contributed by atoms with van der Waals surface area (Å²) in [5.41, 5.74) is 1.90. The van der Waals surface area contributed by atoms with Crippen LogP contribution in [0.5, 0.6) is 0 Å². The molecule has 0 aliphatic heterocycles. The average molecular weight is 342 g/mol. The molecule has 0 saturated carbocycles. The van der Waals surface area contributed by atoms with Gasteiger partial charge in [-0.15, -0.1) is 0 Å². The van der Waals surface area contributed by atoms with Crippen LogP contribution in [0, 0.1) is 5.92 Å². The van der Waals surface area contributed by atoms with Gasteiger partial charge in [-0.2, -0.15) is 0 Å². The van der Waals surface area contributed by atoms with E-state index in [0.29, 0.717) is 24.9 Å². The van der Waals surface area contributed by atoms with Crippen LogP contribution in [0.15, 0.2) is 41.4 Å². The third-order valence-electron chi connectivity index (χ3n) is 3.92. The van der Waals surface area contributed by atoms with E-state index in [4.69, 9.17) is 0 Å². The fourth-order valence-corrected chi connectivity index (χ4v) is 2.75. The molecule has 5 heteroatoms. The Bertz CT molecular complexity index is 614. The zero-order valence-electron chi connectivity index (χ0n) is 15.5. The highest BCUT2D eigenvalue weighted by molar-refractivity contribution is 5.90. The SMILES string of the molecule is CCNC(=NCc1cccc(NC(=O)CC(C)C)c1)NC1CC=CC1. The van der Waals surface area contributed by atoms with E-state index in [0.717, 1.165) is 36.6 Å². The van der Waals surface area contributed by atoms with E-state index in [9.17, 15) is 4.79 Å². The van der Waals surface area contributed by atoms with E-state index in [1.54, 1.807) is 0 Å². The Balaban J connectivity index is 1.95. The molecule has 0 saturated heterocycles. The van der Waals surface area contributed by atoms with Crippen molar-refractivity contribution in [1.29, 1.82) is 0 Å². The maximum atomic E-state index is 11.9. The van der Waals surface area contributed by atoms with Crippen LogP contribution in [0.25, 0.3) is 0 Å². The molecular formula is C20H30N4O. The Morgan fingerprint density at radius 2 is 2.04 bits per heavy atom. The molecule has 0 aromatic heterocycles. The largest absolute Gasteiger partial charge is 0.357 e. The summed E-state index contributed by atoms with van der Waals surface area (Å²) in [5.74, 6) is 1.25. The van der Waals surface area contributed by atoms with Crippen LogP contribution in [0.2, 0.25) is 0 Å². The molecular weight excluding hydrogens is 312 g/mol. The average Bonchev–Trinajstić information content (AvgIpc) is 3.05. The van der Waals surface area contributed by atoms with Crippen LogP contribution >= 0.6 is 0 Å². The zero-order valence-corrected chi connectivity index (χ0v) is 15.5. The van der Waals surface area contributed by atoms with E-state index in [1.165, 1.54) is 0 Å². The Morgan fingerprint density at radius 1 is 1.28 bits per heavy atom. The van der Waals surface area contributed by atoms with Crippen LogP contribution in [0.4, 0.5) is 5.69 Å². The highest BCUT2D eigenvalue weighted by Crippen LogP contribution is 2.13. The summed E-state index contributed by atoms with van der Waals surface area (Å²) in [6, 6.07) is 8.32. The molecule has 0 atom stereocenters. The number of hydrogen-bond acceptors (Lipinski definition) is 2. The molecule has 25 heavy (non-hydrogen) atoms. The monoisotopic (exact) mass is 342 g/mol. The van der Waals surface area contributed by atoms with Gasteiger partial charge in [0.05, 0.1) is 6.54 Å². The number of nitrogens with one attached hydrogen (secondary N) is 3. The van der Waals surface area contributed by atoms with E-state index in [1.807, 2.05) is 38.1 Å². The third-order valence-corrected chi connectivity index (χ3v) is 3.92. The van der Waals surface area contributed by atoms with Gasteiger partial charge in [0, 0.05) is 24.7 Å². The van der Waals surface area contributed by atoms with Crippen molar-refractivity contribution < 1.29 is 4.79 Å². The lowest BCUT2D eigenvalue weighted by Gasteiger charge is -2.16. The number of guanidine groups is 1. The van der Waals surface area contributed by atoms with Crippen molar-refractivity contribution in [3.63, 3.8) is 0 Å². The molecule has 136 valence electrons. The normalized spacial score (nSPS) is 14.8. The van der Waals surface area contributed by atoms with Crippen LogP contribution in [0.1, 0.15) is 45.6 Å². The quantitative estimate of drug-likeness (QED) is 0.404.